The van der Waals surface area contributed by atoms with E-state index in [1.807, 2.05) is 0 Å². The van der Waals surface area contributed by atoms with Gasteiger partial charge in [-0.3, -0.25) is 0 Å². The summed E-state index contributed by atoms with van der Waals surface area (Å²) in [7, 11) is -1.37. The first-order valence-electron chi connectivity index (χ1n) is 4.85. The number of methoxy groups -OCH3 is 1. The van der Waals surface area contributed by atoms with E-state index in [1.54, 1.807) is 4.72 Å². The normalized spacial score (nSPS) is 25.0. The van der Waals surface area contributed by atoms with Crippen molar-refractivity contribution in [1.29, 1.82) is 0 Å². The molecule has 0 aromatic heterocycles. The number of carbonyl (C=O) groups excluding carboxylic acids is 1. The monoisotopic (exact) mass is 252 g/mol. The van der Waals surface area contributed by atoms with Gasteiger partial charge >= 0.3 is 16.3 Å². The predicted octanol–water partition coefficient (Wildman–Crippen LogP) is -0.710. The molecule has 0 unspecified atom stereocenters. The van der Waals surface area contributed by atoms with Crippen LogP contribution in [0.15, 0.2) is 0 Å². The van der Waals surface area contributed by atoms with Crippen LogP contribution in [0.4, 0.5) is 4.79 Å². The maximum absolute atomic E-state index is 11.5. The van der Waals surface area contributed by atoms with Gasteiger partial charge in [0.1, 0.15) is 0 Å². The van der Waals surface area contributed by atoms with Gasteiger partial charge in [0.05, 0.1) is 13.2 Å². The number of hydrogen-bond acceptors (Lipinski definition) is 5. The molecule has 0 bridgehead atoms. The number of carbonyl (C=O) groups is 1. The van der Waals surface area contributed by atoms with Gasteiger partial charge in [-0.15, -0.1) is 0 Å². The summed E-state index contributed by atoms with van der Waals surface area (Å²) in [6.45, 7) is 0.281. The molecule has 0 aliphatic heterocycles. The third kappa shape index (κ3) is 3.32. The topological polar surface area (TPSA) is 95.9 Å². The first kappa shape index (κ1) is 13.2. The van der Waals surface area contributed by atoms with E-state index >= 15 is 0 Å². The van der Waals surface area contributed by atoms with E-state index in [9.17, 15) is 13.2 Å². The molecule has 0 radical (unpaired) electrons. The molecule has 7 nitrogen and oxygen atoms in total. The van der Waals surface area contributed by atoms with Gasteiger partial charge in [-0.2, -0.15) is 12.7 Å². The summed E-state index contributed by atoms with van der Waals surface area (Å²) in [5, 5.41) is 9.06. The first-order chi connectivity index (χ1) is 7.35. The second kappa shape index (κ2) is 4.98. The zero-order valence-electron chi connectivity index (χ0n) is 9.21. The summed E-state index contributed by atoms with van der Waals surface area (Å²) in [6.07, 6.45) is -0.147. The Morgan fingerprint density at radius 2 is 2.12 bits per heavy atom. The fraction of sp³-hybridized carbons (Fsp3) is 0.875. The van der Waals surface area contributed by atoms with Crippen LogP contribution >= 0.6 is 0 Å². The lowest BCUT2D eigenvalue weighted by Gasteiger charge is -2.33. The fourth-order valence-electron chi connectivity index (χ4n) is 1.54. The lowest BCUT2D eigenvalue weighted by atomic mass is 9.82. The predicted molar refractivity (Wildman–Crippen MR) is 55.8 cm³/mol. The van der Waals surface area contributed by atoms with Crippen LogP contribution in [0, 0.1) is 5.92 Å². The van der Waals surface area contributed by atoms with Crippen molar-refractivity contribution >= 4 is 16.3 Å². The molecular formula is C8H16N2O5S. The Labute approximate surface area is 94.6 Å². The molecule has 0 saturated heterocycles. The third-order valence-corrected chi connectivity index (χ3v) is 3.93. The molecule has 1 aliphatic carbocycles. The second-order valence-corrected chi connectivity index (χ2v) is 5.65. The molecule has 0 aromatic carbocycles. The summed E-state index contributed by atoms with van der Waals surface area (Å²) in [6, 6.07) is 0. The van der Waals surface area contributed by atoms with Crippen LogP contribution in [0.3, 0.4) is 0 Å². The molecule has 8 heteroatoms. The number of rotatable bonds is 4. The molecule has 1 saturated carbocycles. The minimum absolute atomic E-state index is 0.147. The lowest BCUT2D eigenvalue weighted by molar-refractivity contribution is 0.0366. The van der Waals surface area contributed by atoms with Gasteiger partial charge in [-0.25, -0.2) is 9.52 Å². The van der Waals surface area contributed by atoms with Gasteiger partial charge in [0.25, 0.3) is 0 Å². The highest BCUT2D eigenvalue weighted by Gasteiger charge is 2.31. The van der Waals surface area contributed by atoms with Crippen molar-refractivity contribution in [2.45, 2.75) is 18.9 Å². The number of nitrogens with zero attached hydrogens (tertiary/aromatic N) is 1. The molecule has 0 atom stereocenters. The summed E-state index contributed by atoms with van der Waals surface area (Å²) in [5.74, 6) is 0.147. The Morgan fingerprint density at radius 3 is 2.56 bits per heavy atom. The minimum atomic E-state index is -3.83. The van der Waals surface area contributed by atoms with Crippen molar-refractivity contribution in [2.75, 3.05) is 20.7 Å². The lowest BCUT2D eigenvalue weighted by Crippen LogP contribution is -2.45. The standard InChI is InChI=1S/C8H16N2O5S/c1-10(5-6-3-7(11)4-6)16(13,14)9-8(12)15-2/h6-7,11H,3-5H2,1-2H3,(H,9,12). The highest BCUT2D eigenvalue weighted by molar-refractivity contribution is 7.87. The van der Waals surface area contributed by atoms with Crippen molar-refractivity contribution in [2.24, 2.45) is 5.92 Å². The van der Waals surface area contributed by atoms with Crippen LogP contribution in [0.1, 0.15) is 12.8 Å². The Hall–Kier alpha value is -0.860. The highest BCUT2D eigenvalue weighted by atomic mass is 32.2. The Morgan fingerprint density at radius 1 is 1.56 bits per heavy atom. The van der Waals surface area contributed by atoms with Crippen molar-refractivity contribution in [3.05, 3.63) is 0 Å². The molecule has 1 amide bonds. The zero-order chi connectivity index (χ0) is 12.3. The minimum Gasteiger partial charge on any atom is -0.452 e. The van der Waals surface area contributed by atoms with E-state index < -0.39 is 16.3 Å². The zero-order valence-corrected chi connectivity index (χ0v) is 10.0. The van der Waals surface area contributed by atoms with Gasteiger partial charge < -0.3 is 9.84 Å². The fourth-order valence-corrected chi connectivity index (χ4v) is 2.39. The quantitative estimate of drug-likeness (QED) is 0.689. The summed E-state index contributed by atoms with van der Waals surface area (Å²) in [5.41, 5.74) is 0. The molecule has 1 fully saturated rings. The molecule has 1 aliphatic rings. The number of ether oxygens (including phenoxy) is 1. The smallest absolute Gasteiger partial charge is 0.421 e. The summed E-state index contributed by atoms with van der Waals surface area (Å²) < 4.78 is 30.0. The molecular weight excluding hydrogens is 236 g/mol. The Bertz CT molecular complexity index is 349. The average Bonchev–Trinajstić information content (AvgIpc) is 2.14. The van der Waals surface area contributed by atoms with Crippen LogP contribution in [0.25, 0.3) is 0 Å². The summed E-state index contributed by atoms with van der Waals surface area (Å²) >= 11 is 0. The van der Waals surface area contributed by atoms with Gasteiger partial charge in [-0.1, -0.05) is 0 Å². The molecule has 1 rings (SSSR count). The highest BCUT2D eigenvalue weighted by Crippen LogP contribution is 2.27. The Kier molecular flexibility index (Phi) is 4.11. The van der Waals surface area contributed by atoms with E-state index in [0.29, 0.717) is 12.8 Å². The van der Waals surface area contributed by atoms with Crippen LogP contribution in [-0.4, -0.2) is 50.7 Å². The van der Waals surface area contributed by atoms with E-state index in [0.717, 1.165) is 11.4 Å². The molecule has 94 valence electrons. The van der Waals surface area contributed by atoms with Crippen molar-refractivity contribution in [3.8, 4) is 0 Å². The molecule has 16 heavy (non-hydrogen) atoms. The number of aliphatic hydroxyl groups is 1. The molecule has 0 aromatic rings. The second-order valence-electron chi connectivity index (χ2n) is 3.87. The number of aliphatic hydroxyl groups excluding tert-OH is 1. The molecule has 0 spiro atoms. The van der Waals surface area contributed by atoms with Crippen LogP contribution in [-0.2, 0) is 14.9 Å². The van der Waals surface area contributed by atoms with Gasteiger partial charge in [-0.05, 0) is 18.8 Å². The van der Waals surface area contributed by atoms with Crippen LogP contribution in [0.5, 0.6) is 0 Å². The van der Waals surface area contributed by atoms with E-state index in [1.165, 1.54) is 7.05 Å². The van der Waals surface area contributed by atoms with E-state index in [2.05, 4.69) is 4.74 Å². The maximum atomic E-state index is 11.5. The third-order valence-electron chi connectivity index (χ3n) is 2.53. The molecule has 2 N–H and O–H groups in total. The summed E-state index contributed by atoms with van der Waals surface area (Å²) in [4.78, 5) is 10.8. The Balaban J connectivity index is 2.45. The maximum Gasteiger partial charge on any atom is 0.421 e. The largest absolute Gasteiger partial charge is 0.452 e. The SMILES string of the molecule is COC(=O)NS(=O)(=O)N(C)CC1CC(O)C1. The van der Waals surface area contributed by atoms with E-state index in [4.69, 9.17) is 5.11 Å². The molecule has 0 heterocycles. The van der Waals surface area contributed by atoms with Gasteiger partial charge in [0.15, 0.2) is 0 Å². The van der Waals surface area contributed by atoms with Gasteiger partial charge in [0.2, 0.25) is 0 Å². The first-order valence-corrected chi connectivity index (χ1v) is 6.29. The van der Waals surface area contributed by atoms with Crippen LogP contribution in [0.2, 0.25) is 0 Å². The average molecular weight is 252 g/mol. The van der Waals surface area contributed by atoms with E-state index in [-0.39, 0.29) is 18.6 Å². The number of nitrogens with one attached hydrogen (secondary N) is 1. The number of hydrogen-bond donors (Lipinski definition) is 2. The van der Waals surface area contributed by atoms with Gasteiger partial charge in [0, 0.05) is 13.6 Å². The van der Waals surface area contributed by atoms with Crippen molar-refractivity contribution < 1.29 is 23.1 Å². The van der Waals surface area contributed by atoms with Crippen molar-refractivity contribution in [3.63, 3.8) is 0 Å². The van der Waals surface area contributed by atoms with Crippen LogP contribution < -0.4 is 4.72 Å². The van der Waals surface area contributed by atoms with Crippen molar-refractivity contribution in [1.82, 2.24) is 9.03 Å². The number of amides is 1.